The lowest BCUT2D eigenvalue weighted by atomic mass is 10.1. The van der Waals surface area contributed by atoms with Gasteiger partial charge >= 0.3 is 0 Å². The number of aryl methyl sites for hydroxylation is 1. The molecule has 0 atom stereocenters. The van der Waals surface area contributed by atoms with Gasteiger partial charge in [-0.2, -0.15) is 0 Å². The molecule has 0 spiro atoms. The maximum Gasteiger partial charge on any atom is 0.241 e. The number of rotatable bonds is 5. The van der Waals surface area contributed by atoms with Crippen LogP contribution in [0.2, 0.25) is 0 Å². The summed E-state index contributed by atoms with van der Waals surface area (Å²) in [4.78, 5) is 0.449. The van der Waals surface area contributed by atoms with Gasteiger partial charge in [-0.15, -0.1) is 0 Å². The van der Waals surface area contributed by atoms with E-state index in [1.807, 2.05) is 0 Å². The smallest absolute Gasteiger partial charge is 0.241 e. The fourth-order valence-electron chi connectivity index (χ4n) is 1.75. The monoisotopic (exact) mass is 310 g/mol. The molecule has 1 aromatic heterocycles. The minimum absolute atomic E-state index is 0.176. The highest BCUT2D eigenvalue weighted by molar-refractivity contribution is 7.89. The zero-order chi connectivity index (χ0) is 14.8. The predicted octanol–water partition coefficient (Wildman–Crippen LogP) is 1.70. The molecule has 1 heterocycles. The highest BCUT2D eigenvalue weighted by atomic mass is 32.2. The first-order valence-corrected chi connectivity index (χ1v) is 7.70. The van der Waals surface area contributed by atoms with Crippen molar-refractivity contribution in [1.29, 1.82) is 0 Å². The fraction of sp³-hybridized carbons (Fsp3) is 0.154. The van der Waals surface area contributed by atoms with Crippen LogP contribution in [-0.4, -0.2) is 13.4 Å². The van der Waals surface area contributed by atoms with Crippen LogP contribution >= 0.6 is 12.2 Å². The number of benzene rings is 1. The van der Waals surface area contributed by atoms with Crippen LogP contribution in [0.1, 0.15) is 16.7 Å². The quantitative estimate of drug-likeness (QED) is 0.821. The normalized spacial score (nSPS) is 11.4. The van der Waals surface area contributed by atoms with Gasteiger partial charge in [0.15, 0.2) is 0 Å². The zero-order valence-electron chi connectivity index (χ0n) is 10.8. The van der Waals surface area contributed by atoms with E-state index >= 15 is 0 Å². The van der Waals surface area contributed by atoms with Crippen LogP contribution in [0, 0.1) is 6.92 Å². The van der Waals surface area contributed by atoms with Gasteiger partial charge in [0.25, 0.3) is 0 Å². The molecular formula is C13H14N2O3S2. The van der Waals surface area contributed by atoms with E-state index in [-0.39, 0.29) is 16.4 Å². The van der Waals surface area contributed by atoms with Gasteiger partial charge in [0.2, 0.25) is 10.0 Å². The second-order valence-corrected chi connectivity index (χ2v) is 6.48. The van der Waals surface area contributed by atoms with Gasteiger partial charge in [-0.05, 0) is 30.7 Å². The fourth-order valence-corrected chi connectivity index (χ4v) is 3.12. The molecule has 1 aromatic carbocycles. The summed E-state index contributed by atoms with van der Waals surface area (Å²) in [6.45, 7) is 1.88. The molecule has 0 bridgehead atoms. The van der Waals surface area contributed by atoms with E-state index in [4.69, 9.17) is 22.4 Å². The summed E-state index contributed by atoms with van der Waals surface area (Å²) in [5, 5.41) is 0. The number of thiocarbonyl (C=S) groups is 1. The molecule has 0 aliphatic rings. The van der Waals surface area contributed by atoms with E-state index in [2.05, 4.69) is 4.72 Å². The number of nitrogens with two attached hydrogens (primary N) is 1. The van der Waals surface area contributed by atoms with Crippen molar-refractivity contribution < 1.29 is 12.8 Å². The molecule has 0 radical (unpaired) electrons. The lowest BCUT2D eigenvalue weighted by Gasteiger charge is -2.10. The summed E-state index contributed by atoms with van der Waals surface area (Å²) < 4.78 is 31.9. The average molecular weight is 310 g/mol. The Morgan fingerprint density at radius 1 is 1.40 bits per heavy atom. The third-order valence-corrected chi connectivity index (χ3v) is 4.59. The highest BCUT2D eigenvalue weighted by Crippen LogP contribution is 2.17. The van der Waals surface area contributed by atoms with Gasteiger partial charge in [0, 0.05) is 17.7 Å². The Morgan fingerprint density at radius 3 is 2.70 bits per heavy atom. The molecule has 3 N–H and O–H groups in total. The number of sulfonamides is 1. The van der Waals surface area contributed by atoms with Crippen LogP contribution in [0.3, 0.4) is 0 Å². The van der Waals surface area contributed by atoms with Gasteiger partial charge in [-0.1, -0.05) is 18.3 Å². The van der Waals surface area contributed by atoms with Crippen molar-refractivity contribution in [3.8, 4) is 0 Å². The number of hydrogen-bond acceptors (Lipinski definition) is 4. The summed E-state index contributed by atoms with van der Waals surface area (Å²) in [6.07, 6.45) is 2.98. The molecule has 0 saturated carbocycles. The van der Waals surface area contributed by atoms with Gasteiger partial charge in [0.05, 0.1) is 17.4 Å². The van der Waals surface area contributed by atoms with Crippen molar-refractivity contribution in [2.24, 2.45) is 5.73 Å². The minimum atomic E-state index is -3.59. The topological polar surface area (TPSA) is 85.3 Å². The highest BCUT2D eigenvalue weighted by Gasteiger charge is 2.17. The van der Waals surface area contributed by atoms with Crippen molar-refractivity contribution in [2.45, 2.75) is 18.4 Å². The Hall–Kier alpha value is -1.70. The van der Waals surface area contributed by atoms with E-state index < -0.39 is 10.0 Å². The minimum Gasteiger partial charge on any atom is -0.472 e. The summed E-state index contributed by atoms with van der Waals surface area (Å²) in [6, 6.07) is 6.46. The molecule has 2 aromatic rings. The van der Waals surface area contributed by atoms with Crippen molar-refractivity contribution in [3.05, 3.63) is 53.5 Å². The summed E-state index contributed by atoms with van der Waals surface area (Å²) in [7, 11) is -3.59. The molecule has 0 saturated heterocycles. The van der Waals surface area contributed by atoms with Gasteiger partial charge in [-0.3, -0.25) is 0 Å². The Kier molecular flexibility index (Phi) is 4.22. The Bertz CT molecular complexity index is 722. The second kappa shape index (κ2) is 5.74. The zero-order valence-corrected chi connectivity index (χ0v) is 12.4. The standard InChI is InChI=1S/C13H14N2O3S2/c1-9-6-11(13(14)19)2-3-12(9)20(16,17)15-7-10-4-5-18-8-10/h2-6,8,15H,7H2,1H3,(H2,14,19). The molecule has 0 fully saturated rings. The maximum absolute atomic E-state index is 12.2. The number of furan rings is 1. The van der Waals surface area contributed by atoms with Crippen molar-refractivity contribution in [1.82, 2.24) is 4.72 Å². The van der Waals surface area contributed by atoms with Gasteiger partial charge in [-0.25, -0.2) is 13.1 Å². The second-order valence-electron chi connectivity index (χ2n) is 4.30. The molecular weight excluding hydrogens is 296 g/mol. The van der Waals surface area contributed by atoms with Crippen LogP contribution in [0.5, 0.6) is 0 Å². The molecule has 0 aliphatic carbocycles. The van der Waals surface area contributed by atoms with Crippen molar-refractivity contribution >= 4 is 27.2 Å². The van der Waals surface area contributed by atoms with Gasteiger partial charge in [0.1, 0.15) is 4.99 Å². The number of nitrogens with one attached hydrogen (secondary N) is 1. The lowest BCUT2D eigenvalue weighted by Crippen LogP contribution is -2.24. The average Bonchev–Trinajstić information content (AvgIpc) is 2.89. The van der Waals surface area contributed by atoms with E-state index in [1.165, 1.54) is 18.6 Å². The van der Waals surface area contributed by atoms with Crippen molar-refractivity contribution in [2.75, 3.05) is 0 Å². The van der Waals surface area contributed by atoms with E-state index in [9.17, 15) is 8.42 Å². The molecule has 2 rings (SSSR count). The molecule has 0 aliphatic heterocycles. The largest absolute Gasteiger partial charge is 0.472 e. The van der Waals surface area contributed by atoms with E-state index in [1.54, 1.807) is 25.1 Å². The van der Waals surface area contributed by atoms with Crippen LogP contribution in [-0.2, 0) is 16.6 Å². The molecule has 0 amide bonds. The first kappa shape index (κ1) is 14.7. The van der Waals surface area contributed by atoms with Gasteiger partial charge < -0.3 is 10.2 Å². The first-order valence-electron chi connectivity index (χ1n) is 5.81. The summed E-state index contributed by atoms with van der Waals surface area (Å²) in [5.74, 6) is 0. The third kappa shape index (κ3) is 3.24. The number of hydrogen-bond donors (Lipinski definition) is 2. The predicted molar refractivity (Wildman–Crippen MR) is 79.8 cm³/mol. The Morgan fingerprint density at radius 2 is 2.15 bits per heavy atom. The van der Waals surface area contributed by atoms with E-state index in [0.29, 0.717) is 11.1 Å². The van der Waals surface area contributed by atoms with Crippen LogP contribution < -0.4 is 10.5 Å². The van der Waals surface area contributed by atoms with Crippen LogP contribution in [0.15, 0.2) is 46.1 Å². The summed E-state index contributed by atoms with van der Waals surface area (Å²) in [5.41, 5.74) is 7.51. The Labute approximate surface area is 122 Å². The molecule has 106 valence electrons. The van der Waals surface area contributed by atoms with E-state index in [0.717, 1.165) is 5.56 Å². The molecule has 7 heteroatoms. The Balaban J connectivity index is 2.23. The lowest BCUT2D eigenvalue weighted by molar-refractivity contribution is 0.561. The maximum atomic E-state index is 12.2. The molecule has 0 unspecified atom stereocenters. The first-order chi connectivity index (χ1) is 9.40. The third-order valence-electron chi connectivity index (χ3n) is 2.80. The molecule has 20 heavy (non-hydrogen) atoms. The summed E-state index contributed by atoms with van der Waals surface area (Å²) >= 11 is 4.87. The van der Waals surface area contributed by atoms with Crippen LogP contribution in [0.25, 0.3) is 0 Å². The van der Waals surface area contributed by atoms with Crippen molar-refractivity contribution in [3.63, 3.8) is 0 Å². The van der Waals surface area contributed by atoms with Crippen LogP contribution in [0.4, 0.5) is 0 Å². The SMILES string of the molecule is Cc1cc(C(N)=S)ccc1S(=O)(=O)NCc1ccoc1. The molecule has 5 nitrogen and oxygen atoms in total.